The predicted molar refractivity (Wildman–Crippen MR) is 75.3 cm³/mol. The summed E-state index contributed by atoms with van der Waals surface area (Å²) < 4.78 is 12.5. The standard InChI is InChI=1S/C16H20N2O2/c1-2-6-13-12(5-1)15-8-10-18-9-4-3-7-14(18)16(15,17-13)20-11-19-15/h1-2,5-6,14,17H,3-4,7-11H2/t14-,15-,16-/m0/s1. The van der Waals surface area contributed by atoms with Crippen LogP contribution in [-0.4, -0.2) is 36.5 Å². The molecule has 1 aromatic rings. The van der Waals surface area contributed by atoms with Crippen LogP contribution in [0, 0.1) is 0 Å². The molecule has 3 saturated heterocycles. The lowest BCUT2D eigenvalue weighted by atomic mass is 9.73. The molecule has 20 heavy (non-hydrogen) atoms. The Labute approximate surface area is 119 Å². The van der Waals surface area contributed by atoms with Gasteiger partial charge in [-0.3, -0.25) is 4.90 Å². The van der Waals surface area contributed by atoms with Crippen molar-refractivity contribution in [1.29, 1.82) is 0 Å². The van der Waals surface area contributed by atoms with Gasteiger partial charge in [-0.25, -0.2) is 0 Å². The Kier molecular flexibility index (Phi) is 2.17. The molecule has 4 aliphatic heterocycles. The summed E-state index contributed by atoms with van der Waals surface area (Å²) >= 11 is 0. The lowest BCUT2D eigenvalue weighted by Gasteiger charge is -2.53. The van der Waals surface area contributed by atoms with Gasteiger partial charge in [0.15, 0.2) is 12.5 Å². The second-order valence-corrected chi connectivity index (χ2v) is 6.44. The van der Waals surface area contributed by atoms with Crippen molar-refractivity contribution in [3.63, 3.8) is 0 Å². The minimum atomic E-state index is -0.366. The summed E-state index contributed by atoms with van der Waals surface area (Å²) in [5.41, 5.74) is 1.85. The van der Waals surface area contributed by atoms with Gasteiger partial charge in [-0.2, -0.15) is 0 Å². The first kappa shape index (κ1) is 11.5. The first-order valence-electron chi connectivity index (χ1n) is 7.75. The van der Waals surface area contributed by atoms with E-state index in [-0.39, 0.29) is 11.3 Å². The molecular weight excluding hydrogens is 252 g/mol. The highest BCUT2D eigenvalue weighted by molar-refractivity contribution is 5.64. The number of hydrogen-bond donors (Lipinski definition) is 1. The molecule has 0 bridgehead atoms. The maximum Gasteiger partial charge on any atom is 0.190 e. The van der Waals surface area contributed by atoms with Crippen LogP contribution in [0.3, 0.4) is 0 Å². The van der Waals surface area contributed by atoms with E-state index in [9.17, 15) is 0 Å². The number of para-hydroxylation sites is 1. The topological polar surface area (TPSA) is 33.7 Å². The fourth-order valence-electron chi connectivity index (χ4n) is 4.87. The summed E-state index contributed by atoms with van der Waals surface area (Å²) in [6.45, 7) is 2.72. The van der Waals surface area contributed by atoms with Crippen molar-refractivity contribution in [3.05, 3.63) is 29.8 Å². The molecule has 0 aromatic heterocycles. The minimum absolute atomic E-state index is 0.276. The molecule has 4 heteroatoms. The number of anilines is 1. The van der Waals surface area contributed by atoms with Crippen LogP contribution in [0.4, 0.5) is 5.69 Å². The monoisotopic (exact) mass is 272 g/mol. The molecule has 5 rings (SSSR count). The van der Waals surface area contributed by atoms with E-state index >= 15 is 0 Å². The summed E-state index contributed by atoms with van der Waals surface area (Å²) in [5, 5.41) is 3.71. The van der Waals surface area contributed by atoms with Crippen molar-refractivity contribution >= 4 is 5.69 Å². The SMILES string of the molecule is c1ccc2c(c1)N[C@@]13OCO[C@@]21CCN1CCCC[C@H]13. The van der Waals surface area contributed by atoms with Crippen LogP contribution in [0.2, 0.25) is 0 Å². The number of hydrogen-bond acceptors (Lipinski definition) is 4. The van der Waals surface area contributed by atoms with Crippen molar-refractivity contribution in [2.75, 3.05) is 25.2 Å². The van der Waals surface area contributed by atoms with E-state index in [0.29, 0.717) is 12.8 Å². The molecule has 3 fully saturated rings. The zero-order valence-corrected chi connectivity index (χ0v) is 11.6. The van der Waals surface area contributed by atoms with Gasteiger partial charge in [-0.1, -0.05) is 24.6 Å². The lowest BCUT2D eigenvalue weighted by molar-refractivity contribution is -0.133. The summed E-state index contributed by atoms with van der Waals surface area (Å²) in [5.74, 6) is 0. The van der Waals surface area contributed by atoms with E-state index in [4.69, 9.17) is 9.47 Å². The van der Waals surface area contributed by atoms with Crippen molar-refractivity contribution in [3.8, 4) is 0 Å². The van der Waals surface area contributed by atoms with E-state index in [1.165, 1.54) is 37.1 Å². The first-order valence-corrected chi connectivity index (χ1v) is 7.75. The number of nitrogens with zero attached hydrogens (tertiary/aromatic N) is 1. The zero-order chi connectivity index (χ0) is 13.2. The highest BCUT2D eigenvalue weighted by Gasteiger charge is 2.70. The van der Waals surface area contributed by atoms with E-state index in [1.54, 1.807) is 0 Å². The van der Waals surface area contributed by atoms with Crippen molar-refractivity contribution < 1.29 is 9.47 Å². The quantitative estimate of drug-likeness (QED) is 0.785. The summed E-state index contributed by atoms with van der Waals surface area (Å²) in [6.07, 6.45) is 4.83. The fourth-order valence-corrected chi connectivity index (χ4v) is 4.87. The maximum atomic E-state index is 6.24. The van der Waals surface area contributed by atoms with Gasteiger partial charge in [0.05, 0.1) is 6.04 Å². The van der Waals surface area contributed by atoms with Crippen LogP contribution < -0.4 is 5.32 Å². The van der Waals surface area contributed by atoms with Crippen molar-refractivity contribution in [2.24, 2.45) is 0 Å². The summed E-state index contributed by atoms with van der Waals surface area (Å²) in [4.78, 5) is 2.61. The largest absolute Gasteiger partial charge is 0.353 e. The van der Waals surface area contributed by atoms with Crippen LogP contribution in [0.1, 0.15) is 31.2 Å². The number of fused-ring (bicyclic) bond motifs is 2. The number of piperidine rings is 2. The Morgan fingerprint density at radius 1 is 1.15 bits per heavy atom. The zero-order valence-electron chi connectivity index (χ0n) is 11.6. The Hall–Kier alpha value is -1.10. The van der Waals surface area contributed by atoms with Gasteiger partial charge in [-0.05, 0) is 31.9 Å². The molecule has 0 unspecified atom stereocenters. The molecule has 4 nitrogen and oxygen atoms in total. The number of ether oxygens (including phenoxy) is 2. The third-order valence-electron chi connectivity index (χ3n) is 5.71. The molecule has 0 aliphatic carbocycles. The van der Waals surface area contributed by atoms with Gasteiger partial charge in [0.1, 0.15) is 5.60 Å². The van der Waals surface area contributed by atoms with Crippen LogP contribution >= 0.6 is 0 Å². The molecular formula is C16H20N2O2. The molecule has 1 N–H and O–H groups in total. The van der Waals surface area contributed by atoms with Crippen LogP contribution in [0.25, 0.3) is 0 Å². The molecule has 3 atom stereocenters. The van der Waals surface area contributed by atoms with Crippen molar-refractivity contribution in [1.82, 2.24) is 4.90 Å². The Morgan fingerprint density at radius 2 is 2.10 bits per heavy atom. The van der Waals surface area contributed by atoms with Crippen LogP contribution in [-0.2, 0) is 15.1 Å². The van der Waals surface area contributed by atoms with Gasteiger partial charge in [0.2, 0.25) is 0 Å². The Balaban J connectivity index is 1.69. The third-order valence-corrected chi connectivity index (χ3v) is 5.71. The molecule has 0 saturated carbocycles. The first-order chi connectivity index (χ1) is 9.86. The lowest BCUT2D eigenvalue weighted by Crippen LogP contribution is -2.69. The molecule has 0 amide bonds. The molecule has 106 valence electrons. The van der Waals surface area contributed by atoms with E-state index in [0.717, 1.165) is 13.0 Å². The normalized spacial score (nSPS) is 42.3. The fraction of sp³-hybridized carbons (Fsp3) is 0.625. The maximum absolute atomic E-state index is 6.24. The molecule has 4 aliphatic rings. The van der Waals surface area contributed by atoms with E-state index < -0.39 is 0 Å². The van der Waals surface area contributed by atoms with E-state index in [1.807, 2.05) is 0 Å². The van der Waals surface area contributed by atoms with Crippen LogP contribution in [0.5, 0.6) is 0 Å². The smallest absolute Gasteiger partial charge is 0.190 e. The van der Waals surface area contributed by atoms with Gasteiger partial charge in [0.25, 0.3) is 0 Å². The number of rotatable bonds is 0. The highest BCUT2D eigenvalue weighted by Crippen LogP contribution is 2.59. The van der Waals surface area contributed by atoms with E-state index in [2.05, 4.69) is 34.5 Å². The number of nitrogens with one attached hydrogen (secondary N) is 1. The average Bonchev–Trinajstić information content (AvgIpc) is 3.00. The summed E-state index contributed by atoms with van der Waals surface area (Å²) in [6, 6.07) is 8.99. The third kappa shape index (κ3) is 1.15. The second-order valence-electron chi connectivity index (χ2n) is 6.44. The Morgan fingerprint density at radius 3 is 3.10 bits per heavy atom. The highest BCUT2D eigenvalue weighted by atomic mass is 16.7. The molecule has 0 spiro atoms. The molecule has 1 aromatic carbocycles. The molecule has 0 radical (unpaired) electrons. The van der Waals surface area contributed by atoms with Crippen molar-refractivity contribution in [2.45, 2.75) is 43.1 Å². The number of benzene rings is 1. The molecule has 4 heterocycles. The predicted octanol–water partition coefficient (Wildman–Crippen LogP) is 2.27. The Bertz CT molecular complexity index is 563. The van der Waals surface area contributed by atoms with Gasteiger partial charge < -0.3 is 14.8 Å². The van der Waals surface area contributed by atoms with Gasteiger partial charge in [0, 0.05) is 17.8 Å². The van der Waals surface area contributed by atoms with Crippen LogP contribution in [0.15, 0.2) is 24.3 Å². The van der Waals surface area contributed by atoms with Gasteiger partial charge in [-0.15, -0.1) is 0 Å². The van der Waals surface area contributed by atoms with Gasteiger partial charge >= 0.3 is 0 Å². The average molecular weight is 272 g/mol. The minimum Gasteiger partial charge on any atom is -0.353 e. The summed E-state index contributed by atoms with van der Waals surface area (Å²) in [7, 11) is 0. The second kappa shape index (κ2) is 3.75.